The van der Waals surface area contributed by atoms with Gasteiger partial charge in [0.2, 0.25) is 0 Å². The van der Waals surface area contributed by atoms with Gasteiger partial charge in [0.1, 0.15) is 18.5 Å². The first kappa shape index (κ1) is 39.0. The first-order chi connectivity index (χ1) is 26.0. The molecule has 0 radical (unpaired) electrons. The van der Waals surface area contributed by atoms with Crippen molar-refractivity contribution in [3.8, 4) is 40.2 Å². The predicted molar refractivity (Wildman–Crippen MR) is 195 cm³/mol. The van der Waals surface area contributed by atoms with Gasteiger partial charge in [0, 0.05) is 12.8 Å². The Labute approximate surface area is 312 Å². The summed E-state index contributed by atoms with van der Waals surface area (Å²) in [5.41, 5.74) is 2.36. The lowest BCUT2D eigenvalue weighted by atomic mass is 9.95. The number of ketones is 2. The summed E-state index contributed by atoms with van der Waals surface area (Å²) in [4.78, 5) is 50.0. The van der Waals surface area contributed by atoms with Crippen molar-refractivity contribution in [3.05, 3.63) is 101 Å². The topological polar surface area (TPSA) is 151 Å². The smallest absolute Gasteiger partial charge is 0.338 e. The van der Waals surface area contributed by atoms with Gasteiger partial charge in [0.25, 0.3) is 0 Å². The quantitative estimate of drug-likeness (QED) is 0.176. The first-order valence-corrected chi connectivity index (χ1v) is 17.0. The van der Waals surface area contributed by atoms with Gasteiger partial charge >= 0.3 is 11.9 Å². The van der Waals surface area contributed by atoms with E-state index in [2.05, 4.69) is 0 Å². The fourth-order valence-electron chi connectivity index (χ4n) is 6.00. The number of hydrogen-bond acceptors (Lipinski definition) is 13. The molecule has 13 nitrogen and oxygen atoms in total. The van der Waals surface area contributed by atoms with Gasteiger partial charge in [0.15, 0.2) is 58.3 Å². The molecule has 0 aromatic heterocycles. The molecule has 0 saturated heterocycles. The Balaban J connectivity index is 0.000000208. The zero-order chi connectivity index (χ0) is 38.9. The van der Waals surface area contributed by atoms with E-state index in [0.29, 0.717) is 56.9 Å². The summed E-state index contributed by atoms with van der Waals surface area (Å²) in [7, 11) is 7.08. The fraction of sp³-hybridized carbons (Fsp3) is 0.317. The van der Waals surface area contributed by atoms with Crippen LogP contribution >= 0.6 is 0 Å². The number of aryl methyl sites for hydroxylation is 1. The van der Waals surface area contributed by atoms with E-state index in [4.69, 9.17) is 42.6 Å². The normalized spacial score (nSPS) is 16.5. The number of hydrogen-bond donors (Lipinski definition) is 0. The number of methoxy groups -OCH3 is 5. The molecule has 0 saturated carbocycles. The third-order valence-electron chi connectivity index (χ3n) is 8.80. The molecule has 2 aliphatic rings. The summed E-state index contributed by atoms with van der Waals surface area (Å²) < 4.78 is 48.5. The highest BCUT2D eigenvalue weighted by atomic mass is 16.6. The Kier molecular flexibility index (Phi) is 12.6. The van der Waals surface area contributed by atoms with Crippen LogP contribution in [0.5, 0.6) is 40.2 Å². The summed E-state index contributed by atoms with van der Waals surface area (Å²) in [6.07, 6.45) is -2.01. The van der Waals surface area contributed by atoms with E-state index in [1.807, 2.05) is 25.1 Å². The molecule has 3 unspecified atom stereocenters. The summed E-state index contributed by atoms with van der Waals surface area (Å²) in [5.74, 6) is 2.18. The lowest BCUT2D eigenvalue weighted by molar-refractivity contribution is -0.130. The monoisotopic (exact) mass is 742 g/mol. The van der Waals surface area contributed by atoms with Gasteiger partial charge in [-0.05, 0) is 79.1 Å². The molecule has 2 aliphatic heterocycles. The molecule has 4 aromatic carbocycles. The predicted octanol–water partition coefficient (Wildman–Crippen LogP) is 5.57. The Morgan fingerprint density at radius 2 is 1.09 bits per heavy atom. The molecule has 0 amide bonds. The molecular formula is C41H42O13. The van der Waals surface area contributed by atoms with Crippen LogP contribution < -0.4 is 33.2 Å². The molecule has 3 atom stereocenters. The number of rotatable bonds is 11. The zero-order valence-electron chi connectivity index (χ0n) is 31.1. The second kappa shape index (κ2) is 17.5. The third-order valence-corrected chi connectivity index (χ3v) is 8.80. The second-order valence-corrected chi connectivity index (χ2v) is 12.3. The van der Waals surface area contributed by atoms with Gasteiger partial charge in [-0.1, -0.05) is 24.3 Å². The van der Waals surface area contributed by atoms with Crippen LogP contribution in [0.4, 0.5) is 0 Å². The number of benzene rings is 4. The maximum absolute atomic E-state index is 12.9. The summed E-state index contributed by atoms with van der Waals surface area (Å²) in [6, 6.07) is 20.8. The van der Waals surface area contributed by atoms with Crippen LogP contribution in [0.1, 0.15) is 44.3 Å². The summed E-state index contributed by atoms with van der Waals surface area (Å²) in [5, 5.41) is 0. The van der Waals surface area contributed by atoms with Crippen LogP contribution in [0.3, 0.4) is 0 Å². The van der Waals surface area contributed by atoms with Crippen molar-refractivity contribution in [2.45, 2.75) is 45.0 Å². The van der Waals surface area contributed by atoms with Crippen molar-refractivity contribution in [3.63, 3.8) is 0 Å². The van der Waals surface area contributed by atoms with Crippen LogP contribution in [0, 0.1) is 6.92 Å². The van der Waals surface area contributed by atoms with Gasteiger partial charge in [-0.2, -0.15) is 0 Å². The highest BCUT2D eigenvalue weighted by molar-refractivity contribution is 5.96. The molecule has 0 aliphatic carbocycles. The van der Waals surface area contributed by atoms with Crippen LogP contribution in [-0.4, -0.2) is 84.0 Å². The fourth-order valence-corrected chi connectivity index (χ4v) is 6.00. The van der Waals surface area contributed by atoms with Crippen molar-refractivity contribution in [1.82, 2.24) is 0 Å². The number of ether oxygens (including phenoxy) is 9. The number of carbonyl (C=O) groups is 4. The molecule has 0 bridgehead atoms. The lowest BCUT2D eigenvalue weighted by Gasteiger charge is -2.31. The highest BCUT2D eigenvalue weighted by Crippen LogP contribution is 2.36. The highest BCUT2D eigenvalue weighted by Gasteiger charge is 2.35. The maximum Gasteiger partial charge on any atom is 0.338 e. The van der Waals surface area contributed by atoms with Gasteiger partial charge < -0.3 is 42.6 Å². The van der Waals surface area contributed by atoms with E-state index < -0.39 is 30.3 Å². The first-order valence-electron chi connectivity index (χ1n) is 17.0. The second-order valence-electron chi connectivity index (χ2n) is 12.3. The number of carbonyl (C=O) groups excluding carboxylic acids is 4. The van der Waals surface area contributed by atoms with Gasteiger partial charge in [-0.3, -0.25) is 9.59 Å². The minimum absolute atomic E-state index is 0.00159. The molecule has 4 aromatic rings. The van der Waals surface area contributed by atoms with Crippen molar-refractivity contribution >= 4 is 23.5 Å². The van der Waals surface area contributed by atoms with E-state index in [0.717, 1.165) is 5.56 Å². The molecule has 0 N–H and O–H groups in total. The van der Waals surface area contributed by atoms with Crippen LogP contribution in [0.15, 0.2) is 72.8 Å². The number of para-hydroxylation sites is 4. The van der Waals surface area contributed by atoms with Gasteiger partial charge in [-0.15, -0.1) is 0 Å². The molecule has 2 heterocycles. The zero-order valence-corrected chi connectivity index (χ0v) is 31.1. The molecule has 54 heavy (non-hydrogen) atoms. The van der Waals surface area contributed by atoms with Crippen molar-refractivity contribution in [2.24, 2.45) is 0 Å². The van der Waals surface area contributed by atoms with Crippen molar-refractivity contribution in [2.75, 3.05) is 42.2 Å². The average molecular weight is 743 g/mol. The number of esters is 2. The van der Waals surface area contributed by atoms with E-state index in [-0.39, 0.29) is 36.6 Å². The third kappa shape index (κ3) is 8.68. The Morgan fingerprint density at radius 1 is 0.611 bits per heavy atom. The summed E-state index contributed by atoms with van der Waals surface area (Å²) in [6.45, 7) is 3.72. The number of Topliss-reactive ketones (excluding diaryl/α,β-unsaturated/α-hetero) is 2. The Hall–Kier alpha value is -6.24. The van der Waals surface area contributed by atoms with Crippen molar-refractivity contribution < 1.29 is 61.8 Å². The molecule has 13 heteroatoms. The lowest BCUT2D eigenvalue weighted by Crippen LogP contribution is -2.44. The Morgan fingerprint density at radius 3 is 1.67 bits per heavy atom. The van der Waals surface area contributed by atoms with Gasteiger partial charge in [-0.25, -0.2) is 9.59 Å². The SMILES string of the molecule is COC(=O)c1cc(C)c(OC)cc1CC(=O)C1Oc2ccccc2OC1C.COC(=O)c1cc(OC)c(OC)cc1CC(=O)C1COc2ccccc2O1. The molecular weight excluding hydrogens is 700 g/mol. The van der Waals surface area contributed by atoms with Crippen LogP contribution in [-0.2, 0) is 31.9 Å². The van der Waals surface area contributed by atoms with Crippen LogP contribution in [0.25, 0.3) is 0 Å². The minimum Gasteiger partial charge on any atom is -0.496 e. The largest absolute Gasteiger partial charge is 0.496 e. The van der Waals surface area contributed by atoms with E-state index in [9.17, 15) is 19.2 Å². The van der Waals surface area contributed by atoms with E-state index in [1.165, 1.54) is 34.5 Å². The van der Waals surface area contributed by atoms with Crippen molar-refractivity contribution in [1.29, 1.82) is 0 Å². The average Bonchev–Trinajstić information content (AvgIpc) is 3.20. The molecule has 6 rings (SSSR count). The molecule has 284 valence electrons. The van der Waals surface area contributed by atoms with E-state index >= 15 is 0 Å². The maximum atomic E-state index is 12.9. The number of fused-ring (bicyclic) bond motifs is 2. The van der Waals surface area contributed by atoms with Crippen LogP contribution in [0.2, 0.25) is 0 Å². The molecule has 0 fully saturated rings. The van der Waals surface area contributed by atoms with Gasteiger partial charge in [0.05, 0.1) is 46.7 Å². The van der Waals surface area contributed by atoms with E-state index in [1.54, 1.807) is 62.6 Å². The standard InChI is InChI=1S/C21H22O6.C20H20O7/c1-12-9-15(21(23)25-4)14(11-19(12)24-3)10-16(22)20-13(2)26-17-7-5-6-8-18(17)27-20;1-23-17-9-12(13(20(22)25-3)10-18(17)24-2)8-14(21)19-11-26-15-6-4-5-7-16(15)27-19/h5-9,11,13,20H,10H2,1-4H3;4-7,9-10,19H,8,11H2,1-3H3. The summed E-state index contributed by atoms with van der Waals surface area (Å²) >= 11 is 0. The molecule has 0 spiro atoms. The Bertz CT molecular complexity index is 2020. The minimum atomic E-state index is -0.766.